The maximum absolute atomic E-state index is 13.5. The average molecular weight is 683 g/mol. The number of amides is 1. The van der Waals surface area contributed by atoms with E-state index in [1.54, 1.807) is 0 Å². The molecule has 0 fully saturated rings. The summed E-state index contributed by atoms with van der Waals surface area (Å²) in [6.45, 7) is 0. The van der Waals surface area contributed by atoms with E-state index in [9.17, 15) is 47.3 Å². The fraction of sp³-hybridized carbons (Fsp3) is 0.269. The first kappa shape index (κ1) is 37.1. The van der Waals surface area contributed by atoms with Crippen molar-refractivity contribution in [2.24, 2.45) is 5.10 Å². The predicted octanol–water partition coefficient (Wildman–Crippen LogP) is 0.117. The number of rotatable bonds is 11. The van der Waals surface area contributed by atoms with Gasteiger partial charge in [0.05, 0.1) is 70.7 Å². The SMILES string of the molecule is COC(=O)C1=C(C(=O)OC)/C(=N\Nc2ccc([N+](=O)[O-])cc2)C(C(=O)OC)=C1/C(C(=O)OC)=C(/C(=O)OC)N(C(=O)OC)S(C)(=O)=O. The van der Waals surface area contributed by atoms with Gasteiger partial charge in [0.2, 0.25) is 10.0 Å². The smallest absolute Gasteiger partial charge is 0.428 e. The molecule has 0 saturated heterocycles. The highest BCUT2D eigenvalue weighted by molar-refractivity contribution is 7.89. The van der Waals surface area contributed by atoms with Crippen molar-refractivity contribution in [3.63, 3.8) is 0 Å². The fourth-order valence-electron chi connectivity index (χ4n) is 3.94. The average Bonchev–Trinajstić information content (AvgIpc) is 3.38. The van der Waals surface area contributed by atoms with Crippen molar-refractivity contribution in [1.82, 2.24) is 4.31 Å². The highest BCUT2D eigenvalue weighted by Crippen LogP contribution is 2.40. The molecule has 47 heavy (non-hydrogen) atoms. The van der Waals surface area contributed by atoms with E-state index in [1.165, 1.54) is 12.1 Å². The quantitative estimate of drug-likeness (QED) is 0.107. The molecule has 1 amide bonds. The summed E-state index contributed by atoms with van der Waals surface area (Å²) in [6.07, 6.45) is -1.33. The van der Waals surface area contributed by atoms with Crippen LogP contribution in [0.2, 0.25) is 0 Å². The highest BCUT2D eigenvalue weighted by atomic mass is 32.2. The fourth-order valence-corrected chi connectivity index (χ4v) is 4.78. The minimum Gasteiger partial charge on any atom is -0.465 e. The molecule has 21 heteroatoms. The van der Waals surface area contributed by atoms with Crippen molar-refractivity contribution in [1.29, 1.82) is 0 Å². The summed E-state index contributed by atoms with van der Waals surface area (Å²) in [6, 6.07) is 4.50. The Bertz CT molecular complexity index is 1770. The molecular formula is C26H26N4O16S. The highest BCUT2D eigenvalue weighted by Gasteiger charge is 2.49. The second-order valence-electron chi connectivity index (χ2n) is 8.56. The van der Waals surface area contributed by atoms with Gasteiger partial charge in [-0.2, -0.15) is 9.41 Å². The number of methoxy groups -OCH3 is 6. The second-order valence-corrected chi connectivity index (χ2v) is 10.4. The predicted molar refractivity (Wildman–Crippen MR) is 154 cm³/mol. The Balaban J connectivity index is 3.36. The number of hydrazone groups is 1. The molecule has 0 aromatic heterocycles. The van der Waals surface area contributed by atoms with Gasteiger partial charge in [0.25, 0.3) is 5.69 Å². The molecular weight excluding hydrogens is 656 g/mol. The molecule has 0 spiro atoms. The van der Waals surface area contributed by atoms with E-state index in [-0.39, 0.29) is 15.7 Å². The molecule has 1 aliphatic carbocycles. The minimum atomic E-state index is -4.90. The van der Waals surface area contributed by atoms with Gasteiger partial charge >= 0.3 is 35.9 Å². The molecule has 1 N–H and O–H groups in total. The zero-order chi connectivity index (χ0) is 35.8. The Morgan fingerprint density at radius 3 is 1.60 bits per heavy atom. The van der Waals surface area contributed by atoms with Gasteiger partial charge in [0, 0.05) is 17.7 Å². The molecule has 1 aliphatic rings. The molecule has 20 nitrogen and oxygen atoms in total. The summed E-state index contributed by atoms with van der Waals surface area (Å²) in [5.41, 5.74) is -5.34. The van der Waals surface area contributed by atoms with Gasteiger partial charge < -0.3 is 28.4 Å². The topological polar surface area (TPSA) is 263 Å². The first-order valence-corrected chi connectivity index (χ1v) is 14.2. The van der Waals surface area contributed by atoms with Gasteiger partial charge in [-0.15, -0.1) is 0 Å². The maximum atomic E-state index is 13.5. The van der Waals surface area contributed by atoms with E-state index < -0.39 is 90.2 Å². The molecule has 0 radical (unpaired) electrons. The van der Waals surface area contributed by atoms with E-state index in [2.05, 4.69) is 20.0 Å². The zero-order valence-corrected chi connectivity index (χ0v) is 26.4. The summed E-state index contributed by atoms with van der Waals surface area (Å²) in [5, 5.41) is 15.0. The van der Waals surface area contributed by atoms with E-state index in [4.69, 9.17) is 18.9 Å². The molecule has 0 unspecified atom stereocenters. The monoisotopic (exact) mass is 682 g/mol. The largest absolute Gasteiger partial charge is 0.465 e. The standard InChI is InChI=1S/C26H26N4O16S/c1-41-21(31)15-14(18(24(34)44-4)20(25(35)45-5)29(26(36)46-6)47(7,39)40)16(22(32)42-2)19(17(15)23(33)43-3)28-27-12-8-10-13(11-9-12)30(37)38/h8-11,27H,1-7H3/b20-18+,28-19-. The van der Waals surface area contributed by atoms with E-state index in [0.717, 1.165) is 54.8 Å². The van der Waals surface area contributed by atoms with Crippen LogP contribution in [0.4, 0.5) is 16.2 Å². The van der Waals surface area contributed by atoms with Crippen molar-refractivity contribution < 1.29 is 70.5 Å². The first-order chi connectivity index (χ1) is 22.0. The molecule has 0 bridgehead atoms. The van der Waals surface area contributed by atoms with Gasteiger partial charge in [-0.1, -0.05) is 0 Å². The van der Waals surface area contributed by atoms with Crippen LogP contribution >= 0.6 is 0 Å². The van der Waals surface area contributed by atoms with Crippen LogP contribution in [0.3, 0.4) is 0 Å². The summed E-state index contributed by atoms with van der Waals surface area (Å²) in [7, 11) is -0.165. The summed E-state index contributed by atoms with van der Waals surface area (Å²) in [5.74, 6) is -7.68. The number of benzene rings is 1. The van der Waals surface area contributed by atoms with Gasteiger partial charge in [-0.3, -0.25) is 15.5 Å². The number of sulfonamides is 1. The van der Waals surface area contributed by atoms with Crippen LogP contribution in [0.1, 0.15) is 0 Å². The molecule has 1 aromatic rings. The molecule has 2 rings (SSSR count). The third-order valence-corrected chi connectivity index (χ3v) is 6.89. The lowest BCUT2D eigenvalue weighted by Gasteiger charge is -2.23. The van der Waals surface area contributed by atoms with Crippen molar-refractivity contribution in [2.45, 2.75) is 0 Å². The lowest BCUT2D eigenvalue weighted by atomic mass is 9.94. The third-order valence-electron chi connectivity index (χ3n) is 5.90. The van der Waals surface area contributed by atoms with Crippen LogP contribution in [0.25, 0.3) is 0 Å². The summed E-state index contributed by atoms with van der Waals surface area (Å²) >= 11 is 0. The Kier molecular flexibility index (Phi) is 12.0. The van der Waals surface area contributed by atoms with Gasteiger partial charge in [0.15, 0.2) is 5.70 Å². The first-order valence-electron chi connectivity index (χ1n) is 12.4. The van der Waals surface area contributed by atoms with Crippen LogP contribution in [0.5, 0.6) is 0 Å². The normalized spacial score (nSPS) is 14.1. The Hall–Kier alpha value is -6.12. The molecule has 252 valence electrons. The van der Waals surface area contributed by atoms with Gasteiger partial charge in [-0.05, 0) is 12.1 Å². The van der Waals surface area contributed by atoms with Crippen molar-refractivity contribution in [2.75, 3.05) is 54.3 Å². The van der Waals surface area contributed by atoms with E-state index >= 15 is 0 Å². The lowest BCUT2D eigenvalue weighted by molar-refractivity contribution is -0.384. The number of carbonyl (C=O) groups is 6. The zero-order valence-electron chi connectivity index (χ0n) is 25.6. The number of nitro groups is 1. The number of ether oxygens (including phenoxy) is 6. The number of hydrogen-bond acceptors (Lipinski definition) is 18. The maximum Gasteiger partial charge on any atom is 0.428 e. The number of carbonyl (C=O) groups excluding carboxylic acids is 6. The van der Waals surface area contributed by atoms with Crippen molar-refractivity contribution >= 4 is 63.0 Å². The summed E-state index contributed by atoms with van der Waals surface area (Å²) in [4.78, 5) is 89.8. The van der Waals surface area contributed by atoms with Gasteiger partial charge in [-0.25, -0.2) is 37.2 Å². The number of esters is 5. The molecule has 0 aliphatic heterocycles. The number of non-ortho nitro benzene ring substituents is 1. The molecule has 0 saturated carbocycles. The van der Waals surface area contributed by atoms with E-state index in [0.29, 0.717) is 6.26 Å². The Morgan fingerprint density at radius 1 is 0.723 bits per heavy atom. The van der Waals surface area contributed by atoms with Crippen LogP contribution in [-0.4, -0.2) is 108 Å². The molecule has 0 atom stereocenters. The number of nitrogens with zero attached hydrogens (tertiary/aromatic N) is 3. The van der Waals surface area contributed by atoms with Crippen LogP contribution < -0.4 is 5.43 Å². The number of anilines is 1. The lowest BCUT2D eigenvalue weighted by Crippen LogP contribution is -2.40. The van der Waals surface area contributed by atoms with E-state index in [1.807, 2.05) is 0 Å². The Labute approximate surface area is 265 Å². The van der Waals surface area contributed by atoms with Gasteiger partial charge in [0.1, 0.15) is 16.9 Å². The van der Waals surface area contributed by atoms with Crippen LogP contribution in [0.15, 0.2) is 62.9 Å². The molecule has 0 heterocycles. The number of hydrogen-bond donors (Lipinski definition) is 1. The minimum absolute atomic E-state index is 0.0255. The van der Waals surface area contributed by atoms with Crippen molar-refractivity contribution in [3.05, 3.63) is 67.9 Å². The Morgan fingerprint density at radius 2 is 1.19 bits per heavy atom. The number of nitro benzene ring substituents is 1. The third kappa shape index (κ3) is 7.58. The van der Waals surface area contributed by atoms with Crippen molar-refractivity contribution in [3.8, 4) is 0 Å². The number of nitrogens with one attached hydrogen (secondary N) is 1. The summed E-state index contributed by atoms with van der Waals surface area (Å²) < 4.78 is 53.6. The van der Waals surface area contributed by atoms with Crippen LogP contribution in [-0.2, 0) is 62.4 Å². The second kappa shape index (κ2) is 15.2. The van der Waals surface area contributed by atoms with Crippen LogP contribution in [0, 0.1) is 10.1 Å². The molecule has 1 aromatic carbocycles.